The number of anilines is 3. The molecule has 1 amide bonds. The Morgan fingerprint density at radius 1 is 0.946 bits per heavy atom. The van der Waals surface area contributed by atoms with Crippen molar-refractivity contribution in [3.8, 4) is 5.75 Å². The average molecular weight is 538 g/mol. The Kier molecular flexibility index (Phi) is 7.61. The standard InChI is InChI=1S/C26H24ClN5O4S/c1-16-11-17(2)30-26(29-16)28-15-18-5-3-6-19(12-18)25(34)31-23-14-22(9-10-24(23)33)37(35,36)32-21-8-4-7-20(27)13-21/h3-14,32-33H,15H2,1-2H3,(H,31,34)(H,28,29,30). The van der Waals surface area contributed by atoms with Crippen LogP contribution in [-0.2, 0) is 16.6 Å². The Morgan fingerprint density at radius 3 is 2.41 bits per heavy atom. The topological polar surface area (TPSA) is 133 Å². The minimum absolute atomic E-state index is 0.0499. The van der Waals surface area contributed by atoms with Crippen molar-refractivity contribution in [2.75, 3.05) is 15.4 Å². The lowest BCUT2D eigenvalue weighted by molar-refractivity contribution is 0.102. The number of nitrogens with one attached hydrogen (secondary N) is 3. The number of halogens is 1. The molecule has 1 aromatic heterocycles. The van der Waals surface area contributed by atoms with Crippen LogP contribution in [0.4, 0.5) is 17.3 Å². The zero-order valence-electron chi connectivity index (χ0n) is 20.0. The van der Waals surface area contributed by atoms with E-state index in [0.29, 0.717) is 23.1 Å². The molecule has 0 atom stereocenters. The predicted octanol–water partition coefficient (Wildman–Crippen LogP) is 5.12. The van der Waals surface area contributed by atoms with E-state index in [4.69, 9.17) is 11.6 Å². The van der Waals surface area contributed by atoms with Crippen LogP contribution in [0.15, 0.2) is 77.7 Å². The van der Waals surface area contributed by atoms with Gasteiger partial charge in [0.1, 0.15) is 5.75 Å². The number of amides is 1. The van der Waals surface area contributed by atoms with Gasteiger partial charge in [-0.1, -0.05) is 29.8 Å². The van der Waals surface area contributed by atoms with Crippen molar-refractivity contribution < 1.29 is 18.3 Å². The van der Waals surface area contributed by atoms with Crippen LogP contribution in [0.25, 0.3) is 0 Å². The minimum Gasteiger partial charge on any atom is -0.506 e. The lowest BCUT2D eigenvalue weighted by Crippen LogP contribution is -2.15. The monoisotopic (exact) mass is 537 g/mol. The summed E-state index contributed by atoms with van der Waals surface area (Å²) in [6, 6.07) is 18.6. The maximum atomic E-state index is 12.9. The zero-order valence-corrected chi connectivity index (χ0v) is 21.6. The Hall–Kier alpha value is -4.15. The van der Waals surface area contributed by atoms with Crippen LogP contribution in [0.1, 0.15) is 27.3 Å². The molecule has 37 heavy (non-hydrogen) atoms. The summed E-state index contributed by atoms with van der Waals surface area (Å²) in [5.74, 6) is -0.307. The van der Waals surface area contributed by atoms with E-state index >= 15 is 0 Å². The molecule has 0 saturated heterocycles. The summed E-state index contributed by atoms with van der Waals surface area (Å²) in [4.78, 5) is 21.5. The van der Waals surface area contributed by atoms with E-state index in [1.807, 2.05) is 26.0 Å². The number of aromatic nitrogens is 2. The molecule has 0 fully saturated rings. The molecule has 0 saturated carbocycles. The lowest BCUT2D eigenvalue weighted by atomic mass is 10.1. The van der Waals surface area contributed by atoms with E-state index in [-0.39, 0.29) is 22.0 Å². The molecule has 9 nitrogen and oxygen atoms in total. The molecule has 0 bridgehead atoms. The molecular weight excluding hydrogens is 514 g/mol. The van der Waals surface area contributed by atoms with Crippen LogP contribution in [0, 0.1) is 13.8 Å². The number of carbonyl (C=O) groups excluding carboxylic acids is 1. The molecule has 11 heteroatoms. The predicted molar refractivity (Wildman–Crippen MR) is 144 cm³/mol. The first kappa shape index (κ1) is 25.9. The number of hydrogen-bond acceptors (Lipinski definition) is 7. The number of aryl methyl sites for hydroxylation is 2. The van der Waals surface area contributed by atoms with E-state index in [2.05, 4.69) is 25.3 Å². The van der Waals surface area contributed by atoms with Gasteiger partial charge in [-0.05, 0) is 74.0 Å². The fourth-order valence-corrected chi connectivity index (χ4v) is 4.82. The number of rotatable bonds is 8. The van der Waals surface area contributed by atoms with Crippen LogP contribution in [0.5, 0.6) is 5.75 Å². The first-order valence-corrected chi connectivity index (χ1v) is 13.0. The van der Waals surface area contributed by atoms with Gasteiger partial charge in [-0.25, -0.2) is 18.4 Å². The molecule has 0 radical (unpaired) electrons. The van der Waals surface area contributed by atoms with E-state index in [1.165, 1.54) is 24.3 Å². The Labute approximate surface area is 219 Å². The first-order valence-electron chi connectivity index (χ1n) is 11.2. The van der Waals surface area contributed by atoms with E-state index < -0.39 is 15.9 Å². The Morgan fingerprint density at radius 2 is 1.68 bits per heavy atom. The van der Waals surface area contributed by atoms with Crippen LogP contribution < -0.4 is 15.4 Å². The van der Waals surface area contributed by atoms with Crippen molar-refractivity contribution in [1.29, 1.82) is 0 Å². The summed E-state index contributed by atoms with van der Waals surface area (Å²) >= 11 is 5.93. The molecular formula is C26H24ClN5O4S. The largest absolute Gasteiger partial charge is 0.506 e. The highest BCUT2D eigenvalue weighted by Gasteiger charge is 2.18. The normalized spacial score (nSPS) is 11.1. The van der Waals surface area contributed by atoms with Gasteiger partial charge < -0.3 is 15.7 Å². The van der Waals surface area contributed by atoms with Crippen LogP contribution in [0.2, 0.25) is 5.02 Å². The van der Waals surface area contributed by atoms with Crippen molar-refractivity contribution in [1.82, 2.24) is 9.97 Å². The maximum absolute atomic E-state index is 12.9. The summed E-state index contributed by atoms with van der Waals surface area (Å²) in [6.07, 6.45) is 0. The number of sulfonamides is 1. The SMILES string of the molecule is Cc1cc(C)nc(NCc2cccc(C(=O)Nc3cc(S(=O)(=O)Nc4cccc(Cl)c4)ccc3O)c2)n1. The van der Waals surface area contributed by atoms with Crippen LogP contribution in [0.3, 0.4) is 0 Å². The number of phenols is 1. The van der Waals surface area contributed by atoms with Crippen LogP contribution in [-0.4, -0.2) is 29.4 Å². The van der Waals surface area contributed by atoms with E-state index in [0.717, 1.165) is 17.0 Å². The number of phenolic OH excluding ortho intramolecular Hbond substituents is 1. The number of nitrogens with zero attached hydrogens (tertiary/aromatic N) is 2. The molecule has 0 unspecified atom stereocenters. The fourth-order valence-electron chi connectivity index (χ4n) is 3.55. The van der Waals surface area contributed by atoms with E-state index in [9.17, 15) is 18.3 Å². The summed E-state index contributed by atoms with van der Waals surface area (Å²) in [6.45, 7) is 4.15. The average Bonchev–Trinajstić information content (AvgIpc) is 2.83. The van der Waals surface area contributed by atoms with Gasteiger partial charge in [0.2, 0.25) is 5.95 Å². The number of aromatic hydroxyl groups is 1. The molecule has 190 valence electrons. The lowest BCUT2D eigenvalue weighted by Gasteiger charge is -2.12. The van der Waals surface area contributed by atoms with Crippen molar-refractivity contribution in [3.05, 3.63) is 100 Å². The first-order chi connectivity index (χ1) is 17.6. The van der Waals surface area contributed by atoms with E-state index in [1.54, 1.807) is 36.4 Å². The Bertz CT molecular complexity index is 1560. The van der Waals surface area contributed by atoms with Gasteiger partial charge in [-0.3, -0.25) is 9.52 Å². The molecule has 1 heterocycles. The van der Waals surface area contributed by atoms with Crippen LogP contribution >= 0.6 is 11.6 Å². The van der Waals surface area contributed by atoms with Gasteiger partial charge in [0.25, 0.3) is 15.9 Å². The summed E-state index contributed by atoms with van der Waals surface area (Å²) in [5.41, 5.74) is 3.05. The van der Waals surface area contributed by atoms with Crippen molar-refractivity contribution >= 4 is 44.9 Å². The van der Waals surface area contributed by atoms with Gasteiger partial charge in [0.05, 0.1) is 16.3 Å². The zero-order chi connectivity index (χ0) is 26.6. The van der Waals surface area contributed by atoms with Gasteiger partial charge in [-0.2, -0.15) is 0 Å². The maximum Gasteiger partial charge on any atom is 0.261 e. The molecule has 4 N–H and O–H groups in total. The second-order valence-electron chi connectivity index (χ2n) is 8.28. The number of carbonyl (C=O) groups is 1. The smallest absolute Gasteiger partial charge is 0.261 e. The quantitative estimate of drug-likeness (QED) is 0.229. The highest BCUT2D eigenvalue weighted by Crippen LogP contribution is 2.28. The highest BCUT2D eigenvalue weighted by atomic mass is 35.5. The number of benzene rings is 3. The molecule has 0 aliphatic heterocycles. The van der Waals surface area contributed by atoms with Gasteiger partial charge >= 0.3 is 0 Å². The second-order valence-corrected chi connectivity index (χ2v) is 10.4. The minimum atomic E-state index is -4.01. The summed E-state index contributed by atoms with van der Waals surface area (Å²) in [5, 5.41) is 16.4. The molecule has 0 aliphatic carbocycles. The summed E-state index contributed by atoms with van der Waals surface area (Å²) < 4.78 is 28.1. The van der Waals surface area contributed by atoms with Crippen molar-refractivity contribution in [2.45, 2.75) is 25.3 Å². The summed E-state index contributed by atoms with van der Waals surface area (Å²) in [7, 11) is -4.01. The molecule has 0 spiro atoms. The van der Waals surface area contributed by atoms with Crippen molar-refractivity contribution in [2.24, 2.45) is 0 Å². The van der Waals surface area contributed by atoms with Crippen molar-refractivity contribution in [3.63, 3.8) is 0 Å². The number of hydrogen-bond donors (Lipinski definition) is 4. The molecule has 4 aromatic rings. The van der Waals surface area contributed by atoms with Gasteiger partial charge in [0.15, 0.2) is 0 Å². The molecule has 4 rings (SSSR count). The second kappa shape index (κ2) is 10.9. The Balaban J connectivity index is 1.48. The molecule has 0 aliphatic rings. The molecule has 3 aromatic carbocycles. The third-order valence-electron chi connectivity index (χ3n) is 5.23. The third kappa shape index (κ3) is 6.75. The highest BCUT2D eigenvalue weighted by molar-refractivity contribution is 7.92. The third-order valence-corrected chi connectivity index (χ3v) is 6.84. The van der Waals surface area contributed by atoms with Gasteiger partial charge in [-0.15, -0.1) is 0 Å². The fraction of sp³-hybridized carbons (Fsp3) is 0.115. The van der Waals surface area contributed by atoms with Gasteiger partial charge in [0, 0.05) is 28.5 Å².